The molecule has 1 amide bonds. The first-order valence-corrected chi connectivity index (χ1v) is 7.80. The van der Waals surface area contributed by atoms with Gasteiger partial charge in [-0.3, -0.25) is 4.79 Å². The van der Waals surface area contributed by atoms with Gasteiger partial charge < -0.3 is 15.0 Å². The third kappa shape index (κ3) is 7.03. The molecular formula is C17H17ClF3N2O2+. The van der Waals surface area contributed by atoms with Gasteiger partial charge in [0.05, 0.1) is 7.05 Å². The van der Waals surface area contributed by atoms with E-state index in [-0.39, 0.29) is 18.2 Å². The molecule has 0 bridgehead atoms. The van der Waals surface area contributed by atoms with Gasteiger partial charge in [0.1, 0.15) is 12.3 Å². The molecule has 2 N–H and O–H groups in total. The number of nitrogens with one attached hydrogen (secondary N) is 2. The molecule has 25 heavy (non-hydrogen) atoms. The van der Waals surface area contributed by atoms with Gasteiger partial charge in [-0.15, -0.1) is 13.2 Å². The summed E-state index contributed by atoms with van der Waals surface area (Å²) in [5, 5.41) is 3.27. The van der Waals surface area contributed by atoms with Crippen molar-refractivity contribution in [2.75, 3.05) is 18.9 Å². The van der Waals surface area contributed by atoms with Crippen molar-refractivity contribution in [3.63, 3.8) is 0 Å². The normalized spacial score (nSPS) is 12.5. The zero-order valence-corrected chi connectivity index (χ0v) is 14.1. The van der Waals surface area contributed by atoms with Gasteiger partial charge in [0.25, 0.3) is 5.91 Å². The number of benzene rings is 2. The number of quaternary nitrogens is 1. The minimum Gasteiger partial charge on any atom is -0.406 e. The van der Waals surface area contributed by atoms with Crippen LogP contribution in [0.3, 0.4) is 0 Å². The van der Waals surface area contributed by atoms with Crippen molar-refractivity contribution < 1.29 is 27.6 Å². The number of hydrogen-bond donors (Lipinski definition) is 2. The molecule has 0 aliphatic rings. The Bertz CT molecular complexity index is 721. The minimum atomic E-state index is -4.74. The maximum atomic E-state index is 12.1. The summed E-state index contributed by atoms with van der Waals surface area (Å²) in [4.78, 5) is 13.0. The minimum absolute atomic E-state index is 0.202. The Labute approximate surface area is 148 Å². The number of halogens is 4. The molecule has 0 fully saturated rings. The number of alkyl halides is 3. The molecule has 2 rings (SSSR count). The molecule has 0 spiro atoms. The van der Waals surface area contributed by atoms with E-state index in [9.17, 15) is 18.0 Å². The van der Waals surface area contributed by atoms with Crippen LogP contribution in [0.4, 0.5) is 18.9 Å². The van der Waals surface area contributed by atoms with E-state index in [2.05, 4.69) is 10.1 Å². The summed E-state index contributed by atoms with van der Waals surface area (Å²) >= 11 is 5.93. The zero-order chi connectivity index (χ0) is 18.4. The molecule has 0 aliphatic carbocycles. The van der Waals surface area contributed by atoms with Crippen LogP contribution in [0.15, 0.2) is 48.5 Å². The molecule has 2 aromatic carbocycles. The average molecular weight is 374 g/mol. The summed E-state index contributed by atoms with van der Waals surface area (Å²) in [6.45, 7) is 0.819. The Hall–Kier alpha value is -2.25. The van der Waals surface area contributed by atoms with Crippen LogP contribution in [-0.4, -0.2) is 25.9 Å². The molecule has 0 aliphatic heterocycles. The maximum Gasteiger partial charge on any atom is 0.573 e. The van der Waals surface area contributed by atoms with Crippen LogP contribution >= 0.6 is 11.6 Å². The van der Waals surface area contributed by atoms with Crippen molar-refractivity contribution in [3.05, 3.63) is 59.1 Å². The fourth-order valence-corrected chi connectivity index (χ4v) is 2.49. The molecular weight excluding hydrogens is 357 g/mol. The number of carbonyl (C=O) groups excluding carboxylic acids is 1. The molecule has 1 atom stereocenters. The first-order chi connectivity index (χ1) is 11.7. The fraction of sp³-hybridized carbons (Fsp3) is 0.235. The van der Waals surface area contributed by atoms with Gasteiger partial charge in [-0.25, -0.2) is 0 Å². The van der Waals surface area contributed by atoms with E-state index in [0.717, 1.165) is 22.6 Å². The molecule has 134 valence electrons. The van der Waals surface area contributed by atoms with Gasteiger partial charge in [-0.2, -0.15) is 0 Å². The van der Waals surface area contributed by atoms with Crippen LogP contribution in [0, 0.1) is 0 Å². The number of likely N-dealkylation sites (N-methyl/N-ethyl adjacent to an activating group) is 1. The predicted octanol–water partition coefficient (Wildman–Crippen LogP) is 2.89. The van der Waals surface area contributed by atoms with Gasteiger partial charge in [0.2, 0.25) is 0 Å². The Balaban J connectivity index is 1.85. The quantitative estimate of drug-likeness (QED) is 0.817. The number of ether oxygens (including phenoxy) is 1. The Morgan fingerprint density at radius 2 is 1.88 bits per heavy atom. The van der Waals surface area contributed by atoms with Crippen molar-refractivity contribution in [2.24, 2.45) is 0 Å². The third-order valence-corrected chi connectivity index (χ3v) is 3.46. The highest BCUT2D eigenvalue weighted by Gasteiger charge is 2.30. The number of carbonyl (C=O) groups is 1. The van der Waals surface area contributed by atoms with E-state index in [1.807, 2.05) is 25.2 Å². The molecule has 0 aromatic heterocycles. The summed E-state index contributed by atoms with van der Waals surface area (Å²) in [5.41, 5.74) is 1.40. The summed E-state index contributed by atoms with van der Waals surface area (Å²) in [6.07, 6.45) is -4.74. The summed E-state index contributed by atoms with van der Waals surface area (Å²) < 4.78 is 40.1. The summed E-state index contributed by atoms with van der Waals surface area (Å²) in [5.74, 6) is -0.585. The average Bonchev–Trinajstić information content (AvgIpc) is 2.47. The number of hydrogen-bond acceptors (Lipinski definition) is 2. The third-order valence-electron chi connectivity index (χ3n) is 3.23. The van der Waals surface area contributed by atoms with Crippen molar-refractivity contribution in [1.29, 1.82) is 0 Å². The van der Waals surface area contributed by atoms with Gasteiger partial charge >= 0.3 is 6.36 Å². The second-order valence-electron chi connectivity index (χ2n) is 5.56. The molecule has 0 radical (unpaired) electrons. The van der Waals surface area contributed by atoms with Gasteiger partial charge in [-0.1, -0.05) is 23.7 Å². The lowest BCUT2D eigenvalue weighted by molar-refractivity contribution is -0.885. The molecule has 2 aromatic rings. The van der Waals surface area contributed by atoms with Crippen LogP contribution in [0.2, 0.25) is 5.02 Å². The van der Waals surface area contributed by atoms with Crippen LogP contribution in [-0.2, 0) is 11.3 Å². The SMILES string of the molecule is C[NH+](CC(=O)Nc1ccc(OC(F)(F)F)cc1)Cc1cccc(Cl)c1. The molecule has 8 heteroatoms. The second-order valence-corrected chi connectivity index (χ2v) is 6.00. The fourth-order valence-electron chi connectivity index (χ4n) is 2.28. The smallest absolute Gasteiger partial charge is 0.406 e. The van der Waals surface area contributed by atoms with Crippen LogP contribution in [0.5, 0.6) is 5.75 Å². The maximum absolute atomic E-state index is 12.1. The van der Waals surface area contributed by atoms with Gasteiger partial charge in [-0.05, 0) is 36.4 Å². The highest BCUT2D eigenvalue weighted by atomic mass is 35.5. The van der Waals surface area contributed by atoms with E-state index in [4.69, 9.17) is 11.6 Å². The second kappa shape index (κ2) is 8.22. The van der Waals surface area contributed by atoms with Crippen LogP contribution in [0.25, 0.3) is 0 Å². The molecule has 0 saturated heterocycles. The van der Waals surface area contributed by atoms with Crippen LogP contribution in [0.1, 0.15) is 5.56 Å². The highest BCUT2D eigenvalue weighted by Crippen LogP contribution is 2.23. The lowest BCUT2D eigenvalue weighted by Crippen LogP contribution is -3.08. The first kappa shape index (κ1) is 19.1. The van der Waals surface area contributed by atoms with Crippen molar-refractivity contribution in [2.45, 2.75) is 12.9 Å². The highest BCUT2D eigenvalue weighted by molar-refractivity contribution is 6.30. The first-order valence-electron chi connectivity index (χ1n) is 7.43. The summed E-state index contributed by atoms with van der Waals surface area (Å²) in [6, 6.07) is 12.4. The monoisotopic (exact) mass is 373 g/mol. The van der Waals surface area contributed by atoms with E-state index < -0.39 is 6.36 Å². The molecule has 4 nitrogen and oxygen atoms in total. The molecule has 0 heterocycles. The standard InChI is InChI=1S/C17H16ClF3N2O2/c1-23(10-12-3-2-4-13(18)9-12)11-16(24)22-14-5-7-15(8-6-14)25-17(19,20)21/h2-9H,10-11H2,1H3,(H,22,24)/p+1. The lowest BCUT2D eigenvalue weighted by atomic mass is 10.2. The molecule has 0 saturated carbocycles. The number of amides is 1. The largest absolute Gasteiger partial charge is 0.573 e. The van der Waals surface area contributed by atoms with Crippen LogP contribution < -0.4 is 15.0 Å². The van der Waals surface area contributed by atoms with Gasteiger partial charge in [0.15, 0.2) is 6.54 Å². The van der Waals surface area contributed by atoms with Crippen molar-refractivity contribution in [3.8, 4) is 5.75 Å². The van der Waals surface area contributed by atoms with E-state index >= 15 is 0 Å². The Morgan fingerprint density at radius 1 is 1.20 bits per heavy atom. The number of anilines is 1. The van der Waals surface area contributed by atoms with E-state index in [1.165, 1.54) is 12.1 Å². The Morgan fingerprint density at radius 3 is 2.48 bits per heavy atom. The number of rotatable bonds is 6. The van der Waals surface area contributed by atoms with E-state index in [0.29, 0.717) is 17.3 Å². The topological polar surface area (TPSA) is 42.8 Å². The zero-order valence-electron chi connectivity index (χ0n) is 13.4. The summed E-state index contributed by atoms with van der Waals surface area (Å²) in [7, 11) is 1.86. The predicted molar refractivity (Wildman–Crippen MR) is 88.7 cm³/mol. The lowest BCUT2D eigenvalue weighted by Gasteiger charge is -2.14. The van der Waals surface area contributed by atoms with Crippen molar-refractivity contribution >= 4 is 23.2 Å². The Kier molecular flexibility index (Phi) is 6.27. The van der Waals surface area contributed by atoms with Crippen molar-refractivity contribution in [1.82, 2.24) is 0 Å². The molecule has 1 unspecified atom stereocenters. The van der Waals surface area contributed by atoms with E-state index in [1.54, 1.807) is 6.07 Å². The van der Waals surface area contributed by atoms with Gasteiger partial charge in [0, 0.05) is 16.3 Å².